The molecule has 0 aliphatic carbocycles. The number of hydrogen-bond acceptors (Lipinski definition) is 8. The van der Waals surface area contributed by atoms with E-state index in [1.54, 1.807) is 45.0 Å². The molecule has 0 spiro atoms. The van der Waals surface area contributed by atoms with Crippen LogP contribution in [-0.2, 0) is 35.3 Å². The van der Waals surface area contributed by atoms with Gasteiger partial charge in [-0.2, -0.15) is 0 Å². The standard InChI is InChI=1S/C38H61N7O8/c1-25(2)32(44-30(46)14-8-7-11-22-45-31(47)23-26(3)35(45)50)34(49)43-29(13-12-21-40-36(39)51)33(48)42-28-17-15-27(16-18-28)24-53-37(52)41-20-10-9-19-38(4,5)6/h15-18,25-26,29,32H,7-14,19-24H2,1-6H3,(H,41,52)(H,42,48)(H,43,49)(H,44,46)(H3,39,40,51)/t26?,29-,32-/m0/s1. The van der Waals surface area contributed by atoms with Crippen LogP contribution in [0.5, 0.6) is 0 Å². The molecule has 1 aromatic rings. The number of ether oxygens (including phenoxy) is 1. The molecule has 0 saturated carbocycles. The van der Waals surface area contributed by atoms with E-state index in [-0.39, 0.29) is 67.4 Å². The Kier molecular flexibility index (Phi) is 18.8. The Balaban J connectivity index is 1.89. The quantitative estimate of drug-likeness (QED) is 0.0749. The van der Waals surface area contributed by atoms with E-state index >= 15 is 0 Å². The number of imide groups is 1. The van der Waals surface area contributed by atoms with Crippen molar-refractivity contribution < 1.29 is 38.3 Å². The average molecular weight is 744 g/mol. The van der Waals surface area contributed by atoms with Gasteiger partial charge in [-0.1, -0.05) is 66.5 Å². The predicted molar refractivity (Wildman–Crippen MR) is 201 cm³/mol. The predicted octanol–water partition coefficient (Wildman–Crippen LogP) is 4.10. The molecule has 1 unspecified atom stereocenters. The number of nitrogens with two attached hydrogens (primary N) is 1. The minimum atomic E-state index is -0.996. The zero-order valence-corrected chi connectivity index (χ0v) is 32.3. The van der Waals surface area contributed by atoms with Crippen molar-refractivity contribution in [3.8, 4) is 0 Å². The third-order valence-electron chi connectivity index (χ3n) is 8.84. The highest BCUT2D eigenvalue weighted by Crippen LogP contribution is 2.21. The molecule has 7 N–H and O–H groups in total. The van der Waals surface area contributed by atoms with E-state index in [1.807, 2.05) is 0 Å². The summed E-state index contributed by atoms with van der Waals surface area (Å²) in [6, 6.07) is 4.13. The number of hydrogen-bond donors (Lipinski definition) is 6. The van der Waals surface area contributed by atoms with Gasteiger partial charge in [-0.15, -0.1) is 0 Å². The first-order valence-electron chi connectivity index (χ1n) is 18.7. The van der Waals surface area contributed by atoms with Crippen molar-refractivity contribution in [1.29, 1.82) is 0 Å². The molecule has 296 valence electrons. The number of amides is 8. The smallest absolute Gasteiger partial charge is 0.407 e. The van der Waals surface area contributed by atoms with Crippen LogP contribution in [0.3, 0.4) is 0 Å². The second-order valence-corrected chi connectivity index (χ2v) is 15.3. The van der Waals surface area contributed by atoms with E-state index in [0.29, 0.717) is 44.5 Å². The van der Waals surface area contributed by atoms with Gasteiger partial charge >= 0.3 is 12.1 Å². The second kappa shape index (κ2) is 22.4. The van der Waals surface area contributed by atoms with Gasteiger partial charge in [0.15, 0.2) is 0 Å². The number of unbranched alkanes of at least 4 members (excludes halogenated alkanes) is 3. The lowest BCUT2D eigenvalue weighted by Crippen LogP contribution is -2.54. The number of anilines is 1. The first-order valence-corrected chi connectivity index (χ1v) is 18.7. The van der Waals surface area contributed by atoms with E-state index < -0.39 is 36.0 Å². The molecule has 1 aliphatic heterocycles. The third kappa shape index (κ3) is 17.6. The van der Waals surface area contributed by atoms with E-state index in [1.165, 1.54) is 4.90 Å². The Labute approximate surface area is 313 Å². The van der Waals surface area contributed by atoms with Gasteiger partial charge in [-0.05, 0) is 67.6 Å². The molecule has 1 aliphatic rings. The number of urea groups is 1. The van der Waals surface area contributed by atoms with E-state index in [9.17, 15) is 33.6 Å². The van der Waals surface area contributed by atoms with Gasteiger partial charge in [0.2, 0.25) is 29.5 Å². The first-order chi connectivity index (χ1) is 25.0. The van der Waals surface area contributed by atoms with Crippen molar-refractivity contribution in [2.24, 2.45) is 23.0 Å². The highest BCUT2D eigenvalue weighted by atomic mass is 16.5. The molecule has 15 nitrogen and oxygen atoms in total. The molecule has 1 aromatic carbocycles. The number of rotatable bonds is 22. The maximum absolute atomic E-state index is 13.4. The third-order valence-corrected chi connectivity index (χ3v) is 8.84. The van der Waals surface area contributed by atoms with Crippen LogP contribution in [-0.4, -0.2) is 78.3 Å². The SMILES string of the molecule is CC1CC(=O)N(CCCCCC(=O)N[C@H](C(=O)N[C@@H](CCCNC(N)=O)C(=O)Nc2ccc(COC(=O)NCCCCC(C)(C)C)cc2)C(C)C)C1=O. The molecule has 53 heavy (non-hydrogen) atoms. The van der Waals surface area contributed by atoms with Crippen LogP contribution in [0.15, 0.2) is 24.3 Å². The molecule has 0 bridgehead atoms. The molecule has 1 saturated heterocycles. The molecule has 15 heteroatoms. The fourth-order valence-electron chi connectivity index (χ4n) is 5.73. The van der Waals surface area contributed by atoms with E-state index in [0.717, 1.165) is 24.8 Å². The lowest BCUT2D eigenvalue weighted by Gasteiger charge is -2.25. The van der Waals surface area contributed by atoms with Crippen molar-refractivity contribution in [2.75, 3.05) is 25.0 Å². The summed E-state index contributed by atoms with van der Waals surface area (Å²) in [6.45, 7) is 13.0. The number of nitrogens with zero attached hydrogens (tertiary/aromatic N) is 1. The second-order valence-electron chi connectivity index (χ2n) is 15.3. The van der Waals surface area contributed by atoms with Gasteiger partial charge in [0.1, 0.15) is 18.7 Å². The van der Waals surface area contributed by atoms with Crippen LogP contribution >= 0.6 is 0 Å². The highest BCUT2D eigenvalue weighted by Gasteiger charge is 2.35. The van der Waals surface area contributed by atoms with Crippen LogP contribution in [0.4, 0.5) is 15.3 Å². The Hall–Kier alpha value is -4.69. The Bertz CT molecular complexity index is 1390. The zero-order valence-electron chi connectivity index (χ0n) is 32.3. The number of nitrogens with one attached hydrogen (secondary N) is 5. The summed E-state index contributed by atoms with van der Waals surface area (Å²) in [4.78, 5) is 88.2. The van der Waals surface area contributed by atoms with Gasteiger partial charge in [0.05, 0.1) is 0 Å². The number of primary amides is 1. The van der Waals surface area contributed by atoms with Crippen LogP contribution in [0.25, 0.3) is 0 Å². The average Bonchev–Trinajstić information content (AvgIpc) is 3.32. The molecule has 0 aromatic heterocycles. The Morgan fingerprint density at radius 2 is 1.57 bits per heavy atom. The van der Waals surface area contributed by atoms with Crippen molar-refractivity contribution >= 4 is 47.3 Å². The molecule has 1 fully saturated rings. The first kappa shape index (κ1) is 44.5. The summed E-state index contributed by atoms with van der Waals surface area (Å²) in [5.41, 5.74) is 6.59. The van der Waals surface area contributed by atoms with Gasteiger partial charge in [-0.25, -0.2) is 9.59 Å². The topological polar surface area (TPSA) is 218 Å². The van der Waals surface area contributed by atoms with Crippen LogP contribution in [0, 0.1) is 17.3 Å². The summed E-state index contributed by atoms with van der Waals surface area (Å²) in [5.74, 6) is -2.26. The van der Waals surface area contributed by atoms with Crippen molar-refractivity contribution in [2.45, 2.75) is 124 Å². The molecular formula is C38H61N7O8. The number of likely N-dealkylation sites (tertiary alicyclic amines) is 1. The van der Waals surface area contributed by atoms with E-state index in [2.05, 4.69) is 47.4 Å². The molecule has 1 heterocycles. The molecule has 3 atom stereocenters. The van der Waals surface area contributed by atoms with E-state index in [4.69, 9.17) is 10.5 Å². The minimum Gasteiger partial charge on any atom is -0.445 e. The van der Waals surface area contributed by atoms with Crippen LogP contribution < -0.4 is 32.3 Å². The Morgan fingerprint density at radius 1 is 0.887 bits per heavy atom. The summed E-state index contributed by atoms with van der Waals surface area (Å²) in [5, 5.41) is 13.6. The fourth-order valence-corrected chi connectivity index (χ4v) is 5.73. The Morgan fingerprint density at radius 3 is 2.17 bits per heavy atom. The monoisotopic (exact) mass is 743 g/mol. The summed E-state index contributed by atoms with van der Waals surface area (Å²) < 4.78 is 5.30. The lowest BCUT2D eigenvalue weighted by molar-refractivity contribution is -0.139. The van der Waals surface area contributed by atoms with Crippen molar-refractivity contribution in [1.82, 2.24) is 26.2 Å². The molecule has 2 rings (SSSR count). The normalized spacial score (nSPS) is 15.5. The highest BCUT2D eigenvalue weighted by molar-refractivity contribution is 6.03. The van der Waals surface area contributed by atoms with Crippen LogP contribution in [0.1, 0.15) is 111 Å². The molecule has 0 radical (unpaired) electrons. The maximum atomic E-state index is 13.4. The van der Waals surface area contributed by atoms with Gasteiger partial charge in [0, 0.05) is 44.1 Å². The number of alkyl carbamates (subject to hydrolysis) is 1. The zero-order chi connectivity index (χ0) is 39.6. The molecular weight excluding hydrogens is 682 g/mol. The summed E-state index contributed by atoms with van der Waals surface area (Å²) in [7, 11) is 0. The largest absolute Gasteiger partial charge is 0.445 e. The number of benzene rings is 1. The molecule has 8 amide bonds. The van der Waals surface area contributed by atoms with Gasteiger partial charge in [0.25, 0.3) is 0 Å². The minimum absolute atomic E-state index is 0.0515. The number of carbonyl (C=O) groups is 7. The summed E-state index contributed by atoms with van der Waals surface area (Å²) in [6.07, 6.45) is 5.06. The van der Waals surface area contributed by atoms with Gasteiger partial charge < -0.3 is 37.1 Å². The van der Waals surface area contributed by atoms with Crippen molar-refractivity contribution in [3.05, 3.63) is 29.8 Å². The number of carbonyl (C=O) groups excluding carboxylic acids is 7. The van der Waals surface area contributed by atoms with Gasteiger partial charge in [-0.3, -0.25) is 28.9 Å². The summed E-state index contributed by atoms with van der Waals surface area (Å²) >= 11 is 0. The van der Waals surface area contributed by atoms with Crippen molar-refractivity contribution in [3.63, 3.8) is 0 Å². The lowest BCUT2D eigenvalue weighted by atomic mass is 9.90. The fraction of sp³-hybridized carbons (Fsp3) is 0.658. The van der Waals surface area contributed by atoms with Crippen LogP contribution in [0.2, 0.25) is 0 Å². The maximum Gasteiger partial charge on any atom is 0.407 e.